The minimum atomic E-state index is -0.295. The Bertz CT molecular complexity index is 812. The van der Waals surface area contributed by atoms with Crippen LogP contribution in [0, 0.1) is 13.8 Å². The van der Waals surface area contributed by atoms with Gasteiger partial charge in [0.05, 0.1) is 24.9 Å². The van der Waals surface area contributed by atoms with E-state index in [1.165, 1.54) is 0 Å². The summed E-state index contributed by atoms with van der Waals surface area (Å²) in [4.78, 5) is 24.5. The lowest BCUT2D eigenvalue weighted by Crippen LogP contribution is -2.38. The maximum absolute atomic E-state index is 12.2. The van der Waals surface area contributed by atoms with E-state index in [9.17, 15) is 9.59 Å². The number of nitrogens with zero attached hydrogens (tertiary/aromatic N) is 2. The fraction of sp³-hybridized carbons (Fsp3) is 0.476. The molecule has 1 aromatic carbocycles. The van der Waals surface area contributed by atoms with Crippen molar-refractivity contribution >= 4 is 11.8 Å². The van der Waals surface area contributed by atoms with Crippen molar-refractivity contribution in [3.8, 4) is 5.75 Å². The molecule has 1 unspecified atom stereocenters. The zero-order valence-corrected chi connectivity index (χ0v) is 17.3. The second-order valence-electron chi connectivity index (χ2n) is 6.91. The number of carbonyl (C=O) groups is 2. The Balaban J connectivity index is 1.84. The number of hydrogen-bond donors (Lipinski definition) is 2. The monoisotopic (exact) mass is 386 g/mol. The zero-order valence-electron chi connectivity index (χ0n) is 17.3. The van der Waals surface area contributed by atoms with Crippen molar-refractivity contribution in [3.63, 3.8) is 0 Å². The molecule has 0 aliphatic carbocycles. The van der Waals surface area contributed by atoms with E-state index < -0.39 is 0 Å². The van der Waals surface area contributed by atoms with Gasteiger partial charge in [0.2, 0.25) is 5.91 Å². The number of hydrogen-bond acceptors (Lipinski definition) is 4. The van der Waals surface area contributed by atoms with Crippen molar-refractivity contribution in [2.45, 2.75) is 46.6 Å². The number of ether oxygens (including phenoxy) is 1. The number of nitrogens with one attached hydrogen (secondary N) is 2. The molecule has 2 aromatic rings. The molecule has 0 fully saturated rings. The summed E-state index contributed by atoms with van der Waals surface area (Å²) in [5.41, 5.74) is 3.39. The van der Waals surface area contributed by atoms with Crippen LogP contribution in [0.4, 0.5) is 0 Å². The highest BCUT2D eigenvalue weighted by Crippen LogP contribution is 2.20. The zero-order chi connectivity index (χ0) is 20.7. The normalized spacial score (nSPS) is 11.8. The molecule has 0 saturated heterocycles. The summed E-state index contributed by atoms with van der Waals surface area (Å²) < 4.78 is 7.38. The molecule has 2 amide bonds. The summed E-state index contributed by atoms with van der Waals surface area (Å²) in [5, 5.41) is 9.93. The van der Waals surface area contributed by atoms with Crippen molar-refractivity contribution < 1.29 is 14.3 Å². The van der Waals surface area contributed by atoms with Gasteiger partial charge in [0.25, 0.3) is 5.91 Å². The number of benzene rings is 1. The van der Waals surface area contributed by atoms with Crippen LogP contribution in [0.2, 0.25) is 0 Å². The van der Waals surface area contributed by atoms with Gasteiger partial charge in [-0.25, -0.2) is 0 Å². The molecular weight excluding hydrogens is 356 g/mol. The highest BCUT2D eigenvalue weighted by atomic mass is 16.5. The van der Waals surface area contributed by atoms with Crippen molar-refractivity contribution in [1.29, 1.82) is 0 Å². The van der Waals surface area contributed by atoms with Crippen LogP contribution < -0.4 is 15.4 Å². The fourth-order valence-corrected chi connectivity index (χ4v) is 3.08. The summed E-state index contributed by atoms with van der Waals surface area (Å²) in [7, 11) is 1.88. The predicted octanol–water partition coefficient (Wildman–Crippen LogP) is 2.82. The van der Waals surface area contributed by atoms with Gasteiger partial charge in [-0.2, -0.15) is 5.10 Å². The first-order chi connectivity index (χ1) is 13.3. The SMILES string of the molecule is CCCCOc1ccc(C(=O)NCC(=O)NC(C)c2c(C)nn(C)c2C)cc1. The van der Waals surface area contributed by atoms with Crippen LogP contribution in [-0.4, -0.2) is 34.7 Å². The average Bonchev–Trinajstić information content (AvgIpc) is 2.92. The standard InChI is InChI=1S/C21H30N4O3/c1-6-7-12-28-18-10-8-17(9-11-18)21(27)22-13-19(26)23-14(2)20-15(3)24-25(5)16(20)4/h8-11,14H,6-7,12-13H2,1-5H3,(H,22,27)(H,23,26). The Labute approximate surface area is 166 Å². The van der Waals surface area contributed by atoms with E-state index in [-0.39, 0.29) is 24.4 Å². The van der Waals surface area contributed by atoms with Gasteiger partial charge in [-0.3, -0.25) is 14.3 Å². The Hall–Kier alpha value is -2.83. The molecule has 0 spiro atoms. The summed E-state index contributed by atoms with van der Waals surface area (Å²) >= 11 is 0. The van der Waals surface area contributed by atoms with Crippen molar-refractivity contribution in [1.82, 2.24) is 20.4 Å². The van der Waals surface area contributed by atoms with Gasteiger partial charge in [-0.05, 0) is 51.5 Å². The van der Waals surface area contributed by atoms with Crippen LogP contribution in [0.25, 0.3) is 0 Å². The van der Waals surface area contributed by atoms with Crippen molar-refractivity contribution in [2.75, 3.05) is 13.2 Å². The van der Waals surface area contributed by atoms with Crippen molar-refractivity contribution in [3.05, 3.63) is 46.8 Å². The first kappa shape index (κ1) is 21.5. The summed E-state index contributed by atoms with van der Waals surface area (Å²) in [6, 6.07) is 6.73. The Morgan fingerprint density at radius 1 is 1.21 bits per heavy atom. The topological polar surface area (TPSA) is 85.2 Å². The Morgan fingerprint density at radius 2 is 1.89 bits per heavy atom. The quantitative estimate of drug-likeness (QED) is 0.649. The smallest absolute Gasteiger partial charge is 0.251 e. The molecule has 7 heteroatoms. The molecule has 0 bridgehead atoms. The highest BCUT2D eigenvalue weighted by molar-refractivity contribution is 5.96. The molecule has 0 saturated carbocycles. The molecular formula is C21H30N4O3. The number of aromatic nitrogens is 2. The summed E-state index contributed by atoms with van der Waals surface area (Å²) in [5.74, 6) is 0.193. The molecule has 2 rings (SSSR count). The minimum absolute atomic E-state index is 0.0870. The van der Waals surface area contributed by atoms with Crippen LogP contribution >= 0.6 is 0 Å². The lowest BCUT2D eigenvalue weighted by Gasteiger charge is -2.15. The highest BCUT2D eigenvalue weighted by Gasteiger charge is 2.18. The Kier molecular flexibility index (Phi) is 7.61. The van der Waals surface area contributed by atoms with Crippen LogP contribution in [0.15, 0.2) is 24.3 Å². The number of rotatable bonds is 9. The predicted molar refractivity (Wildman–Crippen MR) is 108 cm³/mol. The largest absolute Gasteiger partial charge is 0.494 e. The van der Waals surface area contributed by atoms with Gasteiger partial charge >= 0.3 is 0 Å². The molecule has 0 aliphatic heterocycles. The first-order valence-electron chi connectivity index (χ1n) is 9.64. The van der Waals surface area contributed by atoms with E-state index in [4.69, 9.17) is 4.74 Å². The van der Waals surface area contributed by atoms with Gasteiger partial charge in [-0.15, -0.1) is 0 Å². The third-order valence-corrected chi connectivity index (χ3v) is 4.67. The molecule has 1 heterocycles. The summed E-state index contributed by atoms with van der Waals surface area (Å²) in [6.07, 6.45) is 2.06. The van der Waals surface area contributed by atoms with Gasteiger partial charge in [0, 0.05) is 23.9 Å². The number of amides is 2. The lowest BCUT2D eigenvalue weighted by atomic mass is 10.1. The fourth-order valence-electron chi connectivity index (χ4n) is 3.08. The van der Waals surface area contributed by atoms with Gasteiger partial charge in [0.1, 0.15) is 5.75 Å². The molecule has 2 N–H and O–H groups in total. The summed E-state index contributed by atoms with van der Waals surface area (Å²) in [6.45, 7) is 8.48. The van der Waals surface area contributed by atoms with E-state index in [1.807, 2.05) is 27.8 Å². The molecule has 28 heavy (non-hydrogen) atoms. The first-order valence-corrected chi connectivity index (χ1v) is 9.64. The Morgan fingerprint density at radius 3 is 2.46 bits per heavy atom. The number of unbranched alkanes of at least 4 members (excludes halogenated alkanes) is 1. The maximum atomic E-state index is 12.2. The van der Waals surface area contributed by atoms with E-state index in [0.717, 1.165) is 35.5 Å². The number of aryl methyl sites for hydroxylation is 2. The van der Waals surface area contributed by atoms with Crippen LogP contribution in [0.3, 0.4) is 0 Å². The second kappa shape index (κ2) is 9.92. The molecule has 7 nitrogen and oxygen atoms in total. The van der Waals surface area contributed by atoms with Crippen LogP contribution in [-0.2, 0) is 11.8 Å². The van der Waals surface area contributed by atoms with Crippen molar-refractivity contribution in [2.24, 2.45) is 7.05 Å². The van der Waals surface area contributed by atoms with Gasteiger partial charge in [-0.1, -0.05) is 13.3 Å². The van der Waals surface area contributed by atoms with Crippen LogP contribution in [0.5, 0.6) is 5.75 Å². The van der Waals surface area contributed by atoms with Gasteiger partial charge in [0.15, 0.2) is 0 Å². The second-order valence-corrected chi connectivity index (χ2v) is 6.91. The van der Waals surface area contributed by atoms with Gasteiger partial charge < -0.3 is 15.4 Å². The van der Waals surface area contributed by atoms with Crippen LogP contribution in [0.1, 0.15) is 60.0 Å². The maximum Gasteiger partial charge on any atom is 0.251 e. The third-order valence-electron chi connectivity index (χ3n) is 4.67. The molecule has 1 atom stereocenters. The molecule has 1 aromatic heterocycles. The average molecular weight is 386 g/mol. The molecule has 152 valence electrons. The number of carbonyl (C=O) groups excluding carboxylic acids is 2. The van der Waals surface area contributed by atoms with E-state index in [0.29, 0.717) is 12.2 Å². The third kappa shape index (κ3) is 5.58. The van der Waals surface area contributed by atoms with E-state index in [1.54, 1.807) is 28.9 Å². The molecule has 0 aliphatic rings. The lowest BCUT2D eigenvalue weighted by molar-refractivity contribution is -0.120. The molecule has 0 radical (unpaired) electrons. The van der Waals surface area contributed by atoms with E-state index >= 15 is 0 Å². The minimum Gasteiger partial charge on any atom is -0.494 e. The van der Waals surface area contributed by atoms with E-state index in [2.05, 4.69) is 22.7 Å².